The summed E-state index contributed by atoms with van der Waals surface area (Å²) < 4.78 is 5.62. The molecule has 2 N–H and O–H groups in total. The Morgan fingerprint density at radius 3 is 2.95 bits per heavy atom. The molecular formula is C18H28N2O2. The minimum atomic E-state index is 0.161. The molecule has 0 radical (unpaired) electrons. The third-order valence-electron chi connectivity index (χ3n) is 4.43. The van der Waals surface area contributed by atoms with Gasteiger partial charge in [0.15, 0.2) is 0 Å². The van der Waals surface area contributed by atoms with E-state index in [9.17, 15) is 4.79 Å². The maximum absolute atomic E-state index is 12.5. The van der Waals surface area contributed by atoms with Gasteiger partial charge in [0, 0.05) is 25.6 Å². The molecule has 1 aromatic carbocycles. The van der Waals surface area contributed by atoms with Crippen LogP contribution in [0.15, 0.2) is 24.3 Å². The van der Waals surface area contributed by atoms with Gasteiger partial charge < -0.3 is 15.4 Å². The van der Waals surface area contributed by atoms with E-state index in [1.165, 1.54) is 0 Å². The first-order chi connectivity index (χ1) is 10.6. The van der Waals surface area contributed by atoms with Crippen molar-refractivity contribution in [2.24, 2.45) is 11.7 Å². The quantitative estimate of drug-likeness (QED) is 0.879. The number of likely N-dealkylation sites (tertiary alicyclic amines) is 1. The van der Waals surface area contributed by atoms with E-state index < -0.39 is 0 Å². The molecule has 2 rings (SSSR count). The number of rotatable bonds is 6. The Labute approximate surface area is 133 Å². The number of nitrogens with zero attached hydrogens (tertiary/aromatic N) is 1. The molecule has 1 aliphatic heterocycles. The molecule has 0 unspecified atom stereocenters. The second-order valence-corrected chi connectivity index (χ2v) is 6.14. The molecule has 22 heavy (non-hydrogen) atoms. The fourth-order valence-corrected chi connectivity index (χ4v) is 3.07. The molecule has 2 atom stereocenters. The zero-order chi connectivity index (χ0) is 15.9. The third-order valence-corrected chi connectivity index (χ3v) is 4.43. The van der Waals surface area contributed by atoms with E-state index in [1.54, 1.807) is 0 Å². The molecule has 0 spiro atoms. The smallest absolute Gasteiger partial charge is 0.222 e. The van der Waals surface area contributed by atoms with Crippen molar-refractivity contribution in [1.82, 2.24) is 4.90 Å². The number of hydrogen-bond donors (Lipinski definition) is 1. The van der Waals surface area contributed by atoms with Crippen LogP contribution in [0.4, 0.5) is 0 Å². The maximum Gasteiger partial charge on any atom is 0.222 e. The number of benzene rings is 1. The largest absolute Gasteiger partial charge is 0.494 e. The number of piperidine rings is 1. The summed E-state index contributed by atoms with van der Waals surface area (Å²) in [4.78, 5) is 14.4. The number of hydrogen-bond acceptors (Lipinski definition) is 3. The van der Waals surface area contributed by atoms with Gasteiger partial charge in [0.2, 0.25) is 5.91 Å². The molecular weight excluding hydrogens is 276 g/mol. The number of para-hydroxylation sites is 1. The Balaban J connectivity index is 1.90. The lowest BCUT2D eigenvalue weighted by Crippen LogP contribution is -2.45. The lowest BCUT2D eigenvalue weighted by atomic mass is 9.92. The number of aryl methyl sites for hydroxylation is 1. The average Bonchev–Trinajstić information content (AvgIpc) is 2.54. The van der Waals surface area contributed by atoms with E-state index in [0.29, 0.717) is 18.9 Å². The van der Waals surface area contributed by atoms with Crippen molar-refractivity contribution in [3.63, 3.8) is 0 Å². The number of amides is 1. The minimum Gasteiger partial charge on any atom is -0.494 e. The standard InChI is InChI=1S/C18H28N2O2/c1-3-22-17-9-5-4-7-15(17)10-11-18(21)20-12-6-8-16(13-20)14(2)19/h4-5,7,9,14,16H,3,6,8,10-13,19H2,1-2H3/t14-,16+/m1/s1. The molecule has 1 saturated heterocycles. The first-order valence-electron chi connectivity index (χ1n) is 8.36. The lowest BCUT2D eigenvalue weighted by molar-refractivity contribution is -0.133. The summed E-state index contributed by atoms with van der Waals surface area (Å²) >= 11 is 0. The van der Waals surface area contributed by atoms with Crippen molar-refractivity contribution < 1.29 is 9.53 Å². The topological polar surface area (TPSA) is 55.6 Å². The number of nitrogens with two attached hydrogens (primary N) is 1. The average molecular weight is 304 g/mol. The van der Waals surface area contributed by atoms with Gasteiger partial charge in [-0.25, -0.2) is 0 Å². The fourth-order valence-electron chi connectivity index (χ4n) is 3.07. The Hall–Kier alpha value is -1.55. The molecule has 0 aromatic heterocycles. The summed E-state index contributed by atoms with van der Waals surface area (Å²) in [5.41, 5.74) is 7.10. The van der Waals surface area contributed by atoms with Crippen LogP contribution in [0.3, 0.4) is 0 Å². The first kappa shape index (κ1) is 16.8. The monoisotopic (exact) mass is 304 g/mol. The molecule has 1 aromatic rings. The van der Waals surface area contributed by atoms with Crippen LogP contribution in [-0.2, 0) is 11.2 Å². The van der Waals surface area contributed by atoms with Crippen LogP contribution in [0.5, 0.6) is 5.75 Å². The van der Waals surface area contributed by atoms with Crippen molar-refractivity contribution in [3.05, 3.63) is 29.8 Å². The number of ether oxygens (including phenoxy) is 1. The Kier molecular flexibility index (Phi) is 6.25. The van der Waals surface area contributed by atoms with Crippen LogP contribution in [0, 0.1) is 5.92 Å². The molecule has 0 saturated carbocycles. The highest BCUT2D eigenvalue weighted by Gasteiger charge is 2.25. The summed E-state index contributed by atoms with van der Waals surface area (Å²) in [5.74, 6) is 1.56. The highest BCUT2D eigenvalue weighted by Crippen LogP contribution is 2.22. The Morgan fingerprint density at radius 2 is 2.23 bits per heavy atom. The van der Waals surface area contributed by atoms with Gasteiger partial charge in [0.25, 0.3) is 0 Å². The highest BCUT2D eigenvalue weighted by molar-refractivity contribution is 5.76. The molecule has 4 heteroatoms. The van der Waals surface area contributed by atoms with Gasteiger partial charge in [0.05, 0.1) is 6.61 Å². The summed E-state index contributed by atoms with van der Waals surface area (Å²) in [6, 6.07) is 8.13. The molecule has 0 bridgehead atoms. The fraction of sp³-hybridized carbons (Fsp3) is 0.611. The Morgan fingerprint density at radius 1 is 1.45 bits per heavy atom. The zero-order valence-corrected chi connectivity index (χ0v) is 13.8. The van der Waals surface area contributed by atoms with Gasteiger partial charge in [-0.05, 0) is 50.7 Å². The van der Waals surface area contributed by atoms with Gasteiger partial charge in [-0.1, -0.05) is 18.2 Å². The number of carbonyl (C=O) groups excluding carboxylic acids is 1. The predicted octanol–water partition coefficient (Wildman–Crippen LogP) is 2.60. The van der Waals surface area contributed by atoms with Crippen LogP contribution in [0.2, 0.25) is 0 Å². The zero-order valence-electron chi connectivity index (χ0n) is 13.8. The molecule has 0 aliphatic carbocycles. The maximum atomic E-state index is 12.5. The van der Waals surface area contributed by atoms with Gasteiger partial charge in [0.1, 0.15) is 5.75 Å². The minimum absolute atomic E-state index is 0.161. The predicted molar refractivity (Wildman–Crippen MR) is 88.9 cm³/mol. The van der Waals surface area contributed by atoms with E-state index in [-0.39, 0.29) is 11.9 Å². The van der Waals surface area contributed by atoms with E-state index in [2.05, 4.69) is 0 Å². The SMILES string of the molecule is CCOc1ccccc1CCC(=O)N1CCC[C@H]([C@@H](C)N)C1. The van der Waals surface area contributed by atoms with Crippen LogP contribution >= 0.6 is 0 Å². The highest BCUT2D eigenvalue weighted by atomic mass is 16.5. The van der Waals surface area contributed by atoms with Gasteiger partial charge in [-0.15, -0.1) is 0 Å². The summed E-state index contributed by atoms with van der Waals surface area (Å²) in [6.45, 7) is 6.34. The van der Waals surface area contributed by atoms with E-state index >= 15 is 0 Å². The van der Waals surface area contributed by atoms with Crippen LogP contribution in [-0.4, -0.2) is 36.5 Å². The molecule has 1 amide bonds. The van der Waals surface area contributed by atoms with Gasteiger partial charge in [-0.3, -0.25) is 4.79 Å². The van der Waals surface area contributed by atoms with Crippen LogP contribution in [0.25, 0.3) is 0 Å². The number of carbonyl (C=O) groups is 1. The van der Waals surface area contributed by atoms with Gasteiger partial charge >= 0.3 is 0 Å². The molecule has 4 nitrogen and oxygen atoms in total. The summed E-state index contributed by atoms with van der Waals surface area (Å²) in [5, 5.41) is 0. The summed E-state index contributed by atoms with van der Waals surface area (Å²) in [7, 11) is 0. The lowest BCUT2D eigenvalue weighted by Gasteiger charge is -2.34. The molecule has 1 heterocycles. The van der Waals surface area contributed by atoms with Crippen molar-refractivity contribution in [1.29, 1.82) is 0 Å². The molecule has 122 valence electrons. The van der Waals surface area contributed by atoms with Gasteiger partial charge in [-0.2, -0.15) is 0 Å². The van der Waals surface area contributed by atoms with Crippen molar-refractivity contribution >= 4 is 5.91 Å². The molecule has 1 aliphatic rings. The third kappa shape index (κ3) is 4.47. The van der Waals surface area contributed by atoms with Crippen molar-refractivity contribution in [3.8, 4) is 5.75 Å². The normalized spacial score (nSPS) is 19.8. The van der Waals surface area contributed by atoms with E-state index in [1.807, 2.05) is 43.0 Å². The Bertz CT molecular complexity index is 488. The first-order valence-corrected chi connectivity index (χ1v) is 8.36. The van der Waals surface area contributed by atoms with E-state index in [0.717, 1.165) is 43.7 Å². The second-order valence-electron chi connectivity index (χ2n) is 6.14. The van der Waals surface area contributed by atoms with E-state index in [4.69, 9.17) is 10.5 Å². The second kappa shape index (κ2) is 8.18. The van der Waals surface area contributed by atoms with Crippen molar-refractivity contribution in [2.75, 3.05) is 19.7 Å². The van der Waals surface area contributed by atoms with Crippen LogP contribution in [0.1, 0.15) is 38.7 Å². The van der Waals surface area contributed by atoms with Crippen molar-refractivity contribution in [2.45, 2.75) is 45.6 Å². The van der Waals surface area contributed by atoms with Crippen LogP contribution < -0.4 is 10.5 Å². The molecule has 1 fully saturated rings. The summed E-state index contributed by atoms with van der Waals surface area (Å²) in [6.07, 6.45) is 3.46.